The van der Waals surface area contributed by atoms with E-state index in [-0.39, 0.29) is 28.9 Å². The summed E-state index contributed by atoms with van der Waals surface area (Å²) in [5.74, 6) is 1.74. The SMILES string of the molecule is Br.CC(C)c1ccc(OCCCON2C(N)=NC(N)=NC2(C)C)cc1. The Hall–Kier alpha value is -1.80. The van der Waals surface area contributed by atoms with Crippen LogP contribution in [0, 0.1) is 0 Å². The molecule has 7 nitrogen and oxygen atoms in total. The third-order valence-electron chi connectivity index (χ3n) is 3.65. The summed E-state index contributed by atoms with van der Waals surface area (Å²) in [6.45, 7) is 9.04. The number of guanidine groups is 2. The summed E-state index contributed by atoms with van der Waals surface area (Å²) in [5, 5.41) is 1.47. The Kier molecular flexibility index (Phi) is 7.69. The molecule has 2 rings (SSSR count). The number of nitrogens with zero attached hydrogens (tertiary/aromatic N) is 3. The quantitative estimate of drug-likeness (QED) is 0.669. The molecule has 0 bridgehead atoms. The number of benzene rings is 1. The van der Waals surface area contributed by atoms with Gasteiger partial charge in [-0.15, -0.1) is 17.0 Å². The van der Waals surface area contributed by atoms with Gasteiger partial charge >= 0.3 is 0 Å². The van der Waals surface area contributed by atoms with Gasteiger partial charge in [0, 0.05) is 6.42 Å². The van der Waals surface area contributed by atoms with Gasteiger partial charge < -0.3 is 16.2 Å². The molecule has 140 valence electrons. The van der Waals surface area contributed by atoms with Gasteiger partial charge in [-0.25, -0.2) is 4.99 Å². The van der Waals surface area contributed by atoms with E-state index in [1.807, 2.05) is 26.0 Å². The standard InChI is InChI=1S/C17H27N5O2.BrH/c1-12(2)13-6-8-14(9-7-13)23-10-5-11-24-22-16(19)20-15(18)21-17(22,3)4;/h6-9,12H,5,10-11H2,1-4H3,(H4,18,19,20,21);1H. The molecule has 1 aromatic rings. The topological polar surface area (TPSA) is 98.5 Å². The van der Waals surface area contributed by atoms with Gasteiger partial charge in [-0.3, -0.25) is 4.84 Å². The Bertz CT molecular complexity index is 614. The molecular weight excluding hydrogens is 386 g/mol. The highest BCUT2D eigenvalue weighted by Crippen LogP contribution is 2.20. The van der Waals surface area contributed by atoms with Gasteiger partial charge in [0.1, 0.15) is 5.75 Å². The van der Waals surface area contributed by atoms with Crippen LogP contribution < -0.4 is 16.2 Å². The van der Waals surface area contributed by atoms with Crippen LogP contribution in [0.15, 0.2) is 34.3 Å². The third kappa shape index (κ3) is 5.89. The van der Waals surface area contributed by atoms with Crippen LogP contribution in [-0.2, 0) is 4.84 Å². The number of rotatable bonds is 7. The predicted octanol–water partition coefficient (Wildman–Crippen LogP) is 2.77. The largest absolute Gasteiger partial charge is 0.494 e. The van der Waals surface area contributed by atoms with Crippen molar-refractivity contribution >= 4 is 28.9 Å². The van der Waals surface area contributed by atoms with Crippen molar-refractivity contribution in [2.45, 2.75) is 45.7 Å². The molecule has 0 aromatic heterocycles. The number of ether oxygens (including phenoxy) is 1. The molecule has 0 aliphatic carbocycles. The molecule has 4 N–H and O–H groups in total. The lowest BCUT2D eigenvalue weighted by Crippen LogP contribution is -2.53. The van der Waals surface area contributed by atoms with E-state index in [0.717, 1.165) is 5.75 Å². The molecule has 25 heavy (non-hydrogen) atoms. The number of aliphatic imine (C=N–C) groups is 2. The number of hydrogen-bond acceptors (Lipinski definition) is 7. The minimum absolute atomic E-state index is 0. The highest BCUT2D eigenvalue weighted by molar-refractivity contribution is 8.93. The van der Waals surface area contributed by atoms with Gasteiger partial charge in [0.25, 0.3) is 0 Å². The summed E-state index contributed by atoms with van der Waals surface area (Å²) in [6.07, 6.45) is 0.713. The smallest absolute Gasteiger partial charge is 0.226 e. The van der Waals surface area contributed by atoms with Crippen molar-refractivity contribution in [2.24, 2.45) is 21.5 Å². The summed E-state index contributed by atoms with van der Waals surface area (Å²) in [7, 11) is 0. The van der Waals surface area contributed by atoms with Crippen LogP contribution in [0.4, 0.5) is 0 Å². The van der Waals surface area contributed by atoms with Crippen LogP contribution >= 0.6 is 17.0 Å². The lowest BCUT2D eigenvalue weighted by atomic mass is 10.0. The van der Waals surface area contributed by atoms with Crippen LogP contribution in [0.25, 0.3) is 0 Å². The molecule has 0 saturated heterocycles. The molecule has 8 heteroatoms. The summed E-state index contributed by atoms with van der Waals surface area (Å²) >= 11 is 0. The molecule has 1 aliphatic heterocycles. The Balaban J connectivity index is 0.00000312. The van der Waals surface area contributed by atoms with Crippen molar-refractivity contribution < 1.29 is 9.57 Å². The normalized spacial score (nSPS) is 16.1. The van der Waals surface area contributed by atoms with E-state index < -0.39 is 5.66 Å². The van der Waals surface area contributed by atoms with Crippen molar-refractivity contribution in [3.05, 3.63) is 29.8 Å². The third-order valence-corrected chi connectivity index (χ3v) is 3.65. The lowest BCUT2D eigenvalue weighted by molar-refractivity contribution is -0.158. The molecule has 0 atom stereocenters. The maximum atomic E-state index is 5.85. The molecule has 0 spiro atoms. The van der Waals surface area contributed by atoms with E-state index in [4.69, 9.17) is 21.0 Å². The van der Waals surface area contributed by atoms with Crippen LogP contribution in [-0.4, -0.2) is 35.9 Å². The van der Waals surface area contributed by atoms with Crippen molar-refractivity contribution in [3.63, 3.8) is 0 Å². The van der Waals surface area contributed by atoms with E-state index in [1.54, 1.807) is 0 Å². The zero-order chi connectivity index (χ0) is 17.7. The highest BCUT2D eigenvalue weighted by Gasteiger charge is 2.32. The van der Waals surface area contributed by atoms with Crippen LogP contribution in [0.5, 0.6) is 5.75 Å². The first-order valence-corrected chi connectivity index (χ1v) is 8.15. The van der Waals surface area contributed by atoms with E-state index in [2.05, 4.69) is 36.0 Å². The summed E-state index contributed by atoms with van der Waals surface area (Å²) in [4.78, 5) is 13.8. The number of hydroxylamine groups is 2. The fraction of sp³-hybridized carbons (Fsp3) is 0.529. The minimum atomic E-state index is -0.677. The first kappa shape index (κ1) is 21.2. The molecular formula is C17H28BrN5O2. The zero-order valence-corrected chi connectivity index (χ0v) is 16.9. The van der Waals surface area contributed by atoms with E-state index in [9.17, 15) is 0 Å². The fourth-order valence-corrected chi connectivity index (χ4v) is 2.37. The summed E-state index contributed by atoms with van der Waals surface area (Å²) < 4.78 is 5.72. The number of halogens is 1. The van der Waals surface area contributed by atoms with Crippen LogP contribution in [0.3, 0.4) is 0 Å². The molecule has 0 amide bonds. The highest BCUT2D eigenvalue weighted by atomic mass is 79.9. The molecule has 0 radical (unpaired) electrons. The minimum Gasteiger partial charge on any atom is -0.494 e. The van der Waals surface area contributed by atoms with Crippen molar-refractivity contribution in [1.29, 1.82) is 0 Å². The fourth-order valence-electron chi connectivity index (χ4n) is 2.37. The predicted molar refractivity (Wildman–Crippen MR) is 106 cm³/mol. The number of nitrogens with two attached hydrogens (primary N) is 2. The molecule has 0 fully saturated rings. The van der Waals surface area contributed by atoms with E-state index >= 15 is 0 Å². The van der Waals surface area contributed by atoms with Crippen LogP contribution in [0.2, 0.25) is 0 Å². The second kappa shape index (κ2) is 9.05. The number of hydrogen-bond donors (Lipinski definition) is 2. The first-order chi connectivity index (χ1) is 11.3. The van der Waals surface area contributed by atoms with Gasteiger partial charge in [-0.2, -0.15) is 10.1 Å². The summed E-state index contributed by atoms with van der Waals surface area (Å²) in [5.41, 5.74) is 12.1. The van der Waals surface area contributed by atoms with Gasteiger partial charge in [-0.1, -0.05) is 26.0 Å². The average molecular weight is 414 g/mol. The maximum absolute atomic E-state index is 5.85. The van der Waals surface area contributed by atoms with Gasteiger partial charge in [0.15, 0.2) is 5.66 Å². The zero-order valence-electron chi connectivity index (χ0n) is 15.2. The van der Waals surface area contributed by atoms with Crippen molar-refractivity contribution in [1.82, 2.24) is 5.06 Å². The maximum Gasteiger partial charge on any atom is 0.226 e. The van der Waals surface area contributed by atoms with Crippen molar-refractivity contribution in [2.75, 3.05) is 13.2 Å². The molecule has 1 aliphatic rings. The van der Waals surface area contributed by atoms with E-state index in [1.165, 1.54) is 10.6 Å². The molecule has 1 aromatic carbocycles. The second-order valence-corrected chi connectivity index (χ2v) is 6.49. The summed E-state index contributed by atoms with van der Waals surface area (Å²) in [6, 6.07) is 8.16. The average Bonchev–Trinajstić information content (AvgIpc) is 2.48. The Morgan fingerprint density at radius 1 is 1.12 bits per heavy atom. The lowest BCUT2D eigenvalue weighted by Gasteiger charge is -2.36. The van der Waals surface area contributed by atoms with Crippen molar-refractivity contribution in [3.8, 4) is 5.75 Å². The Morgan fingerprint density at radius 3 is 2.32 bits per heavy atom. The van der Waals surface area contributed by atoms with E-state index in [0.29, 0.717) is 25.6 Å². The van der Waals surface area contributed by atoms with Gasteiger partial charge in [0.05, 0.1) is 13.2 Å². The monoisotopic (exact) mass is 413 g/mol. The van der Waals surface area contributed by atoms with Gasteiger partial charge in [0.2, 0.25) is 11.9 Å². The molecule has 0 unspecified atom stereocenters. The van der Waals surface area contributed by atoms with Crippen LogP contribution in [0.1, 0.15) is 45.6 Å². The van der Waals surface area contributed by atoms with Gasteiger partial charge in [-0.05, 0) is 37.5 Å². The molecule has 1 heterocycles. The first-order valence-electron chi connectivity index (χ1n) is 8.15. The Labute approximate surface area is 159 Å². The second-order valence-electron chi connectivity index (χ2n) is 6.49. The Morgan fingerprint density at radius 2 is 1.76 bits per heavy atom. The molecule has 0 saturated carbocycles.